The van der Waals surface area contributed by atoms with Crippen molar-refractivity contribution in [1.29, 1.82) is 0 Å². The summed E-state index contributed by atoms with van der Waals surface area (Å²) in [4.78, 5) is 22.9. The highest BCUT2D eigenvalue weighted by Crippen LogP contribution is 2.60. The quantitative estimate of drug-likeness (QED) is 0.740. The Balaban J connectivity index is 2.25. The molecule has 1 heterocycles. The molecule has 1 amide bonds. The Bertz CT molecular complexity index is 390. The molecule has 1 saturated heterocycles. The summed E-state index contributed by atoms with van der Waals surface area (Å²) in [5.41, 5.74) is -2.46. The normalized spacial score (nSPS) is 33.5. The first kappa shape index (κ1) is 12.1. The number of likely N-dealkylation sites (tertiary alicyclic amines) is 1. The average molecular weight is 249 g/mol. The van der Waals surface area contributed by atoms with Crippen LogP contribution in [0.15, 0.2) is 0 Å². The lowest BCUT2D eigenvalue weighted by atomic mass is 9.63. The van der Waals surface area contributed by atoms with Gasteiger partial charge in [-0.2, -0.15) is 0 Å². The number of halogens is 2. The van der Waals surface area contributed by atoms with Crippen molar-refractivity contribution in [2.45, 2.75) is 37.6 Å². The highest BCUT2D eigenvalue weighted by Gasteiger charge is 2.66. The second kappa shape index (κ2) is 3.08. The summed E-state index contributed by atoms with van der Waals surface area (Å²) < 4.78 is 25.8. The zero-order chi connectivity index (χ0) is 13.1. The molecule has 2 fully saturated rings. The number of hydrogen-bond acceptors (Lipinski definition) is 2. The largest absolute Gasteiger partial charge is 0.480 e. The van der Waals surface area contributed by atoms with Gasteiger partial charge in [-0.05, 0) is 13.3 Å². The van der Waals surface area contributed by atoms with Gasteiger partial charge in [-0.3, -0.25) is 4.90 Å². The molecule has 1 spiro atoms. The molecule has 0 radical (unpaired) electrons. The van der Waals surface area contributed by atoms with Crippen molar-refractivity contribution in [2.24, 2.45) is 5.41 Å². The van der Waals surface area contributed by atoms with Crippen LogP contribution < -0.4 is 0 Å². The lowest BCUT2D eigenvalue weighted by Crippen LogP contribution is -2.50. The maximum atomic E-state index is 12.9. The van der Waals surface area contributed by atoms with Crippen molar-refractivity contribution in [3.63, 3.8) is 0 Å². The predicted molar refractivity (Wildman–Crippen MR) is 52.0 cm³/mol. The summed E-state index contributed by atoms with van der Waals surface area (Å²) >= 11 is 0. The van der Waals surface area contributed by atoms with Gasteiger partial charge >= 0.3 is 12.1 Å². The molecule has 1 aliphatic heterocycles. The molecule has 0 aromatic rings. The molecule has 2 rings (SSSR count). The molecule has 0 bridgehead atoms. The third-order valence-corrected chi connectivity index (χ3v) is 3.77. The van der Waals surface area contributed by atoms with E-state index in [9.17, 15) is 18.4 Å². The number of carbonyl (C=O) groups is 2. The van der Waals surface area contributed by atoms with Crippen molar-refractivity contribution in [2.75, 3.05) is 6.54 Å². The first-order chi connectivity index (χ1) is 7.60. The zero-order valence-electron chi connectivity index (χ0n) is 9.24. The molecule has 1 atom stereocenters. The second-order valence-corrected chi connectivity index (χ2v) is 5.33. The van der Waals surface area contributed by atoms with Gasteiger partial charge in [-0.25, -0.2) is 18.4 Å². The molecule has 1 unspecified atom stereocenters. The minimum absolute atomic E-state index is 0.0444. The van der Waals surface area contributed by atoms with Gasteiger partial charge < -0.3 is 10.2 Å². The molecule has 2 aliphatic rings. The maximum Gasteiger partial charge on any atom is 0.408 e. The van der Waals surface area contributed by atoms with Crippen LogP contribution in [0, 0.1) is 5.41 Å². The van der Waals surface area contributed by atoms with Gasteiger partial charge in [-0.15, -0.1) is 0 Å². The van der Waals surface area contributed by atoms with E-state index in [1.54, 1.807) is 0 Å². The summed E-state index contributed by atoms with van der Waals surface area (Å²) in [6.07, 6.45) is -2.27. The van der Waals surface area contributed by atoms with E-state index in [4.69, 9.17) is 10.2 Å². The molecule has 0 aromatic carbocycles. The van der Waals surface area contributed by atoms with Crippen LogP contribution in [0.3, 0.4) is 0 Å². The summed E-state index contributed by atoms with van der Waals surface area (Å²) in [5, 5.41) is 18.0. The van der Waals surface area contributed by atoms with Crippen LogP contribution in [-0.2, 0) is 4.79 Å². The van der Waals surface area contributed by atoms with Gasteiger partial charge in [0.15, 0.2) is 0 Å². The van der Waals surface area contributed by atoms with Crippen molar-refractivity contribution in [1.82, 2.24) is 4.90 Å². The zero-order valence-corrected chi connectivity index (χ0v) is 9.24. The number of amides is 1. The topological polar surface area (TPSA) is 77.8 Å². The molecule has 1 saturated carbocycles. The van der Waals surface area contributed by atoms with Gasteiger partial charge in [0.2, 0.25) is 5.92 Å². The van der Waals surface area contributed by atoms with Crippen LogP contribution in [0.5, 0.6) is 0 Å². The van der Waals surface area contributed by atoms with Gasteiger partial charge in [0, 0.05) is 24.8 Å². The molecule has 7 heteroatoms. The predicted octanol–water partition coefficient (Wildman–Crippen LogP) is 1.63. The maximum absolute atomic E-state index is 12.9. The van der Waals surface area contributed by atoms with Gasteiger partial charge in [-0.1, -0.05) is 0 Å². The minimum Gasteiger partial charge on any atom is -0.480 e. The number of rotatable bonds is 1. The standard InChI is InChI=1S/C10H13F2NO4/c1-8(6(14)15)2-9(3-10(11,12)4-9)5-13(8)7(16)17/h2-5H2,1H3,(H,14,15)(H,16,17). The number of carboxylic acid groups (broad SMARTS) is 2. The van der Waals surface area contributed by atoms with Crippen LogP contribution in [0.1, 0.15) is 26.2 Å². The van der Waals surface area contributed by atoms with E-state index in [1.807, 2.05) is 0 Å². The summed E-state index contributed by atoms with van der Waals surface area (Å²) in [5.74, 6) is -4.07. The molecular formula is C10H13F2NO4. The highest BCUT2D eigenvalue weighted by molar-refractivity contribution is 5.84. The number of hydrogen-bond donors (Lipinski definition) is 2. The van der Waals surface area contributed by atoms with E-state index >= 15 is 0 Å². The van der Waals surface area contributed by atoms with Gasteiger partial charge in [0.25, 0.3) is 0 Å². The molecule has 2 N–H and O–H groups in total. The molecule has 1 aliphatic carbocycles. The summed E-state index contributed by atoms with van der Waals surface area (Å²) in [7, 11) is 0. The monoisotopic (exact) mass is 249 g/mol. The van der Waals surface area contributed by atoms with Gasteiger partial charge in [0.1, 0.15) is 5.54 Å². The van der Waals surface area contributed by atoms with Crippen LogP contribution >= 0.6 is 0 Å². The van der Waals surface area contributed by atoms with Crippen LogP contribution in [0.2, 0.25) is 0 Å². The molecule has 17 heavy (non-hydrogen) atoms. The lowest BCUT2D eigenvalue weighted by molar-refractivity contribution is -0.159. The van der Waals surface area contributed by atoms with E-state index in [1.165, 1.54) is 6.92 Å². The average Bonchev–Trinajstić information content (AvgIpc) is 2.38. The molecule has 96 valence electrons. The Morgan fingerprint density at radius 2 is 1.71 bits per heavy atom. The first-order valence-electron chi connectivity index (χ1n) is 5.22. The lowest BCUT2D eigenvalue weighted by Gasteiger charge is -2.44. The van der Waals surface area contributed by atoms with E-state index in [0.29, 0.717) is 0 Å². The first-order valence-corrected chi connectivity index (χ1v) is 5.22. The summed E-state index contributed by atoms with van der Waals surface area (Å²) in [6, 6.07) is 0. The Labute approximate surface area is 96.0 Å². The Kier molecular flexibility index (Phi) is 2.19. The Morgan fingerprint density at radius 1 is 1.18 bits per heavy atom. The van der Waals surface area contributed by atoms with Crippen molar-refractivity contribution in [3.05, 3.63) is 0 Å². The number of nitrogens with zero attached hydrogens (tertiary/aromatic N) is 1. The van der Waals surface area contributed by atoms with Crippen molar-refractivity contribution in [3.8, 4) is 0 Å². The third-order valence-electron chi connectivity index (χ3n) is 3.77. The fourth-order valence-electron chi connectivity index (χ4n) is 3.14. The third kappa shape index (κ3) is 1.64. The van der Waals surface area contributed by atoms with Crippen molar-refractivity contribution >= 4 is 12.1 Å². The van der Waals surface area contributed by atoms with E-state index in [0.717, 1.165) is 4.90 Å². The number of carboxylic acids is 1. The number of aliphatic carboxylic acids is 1. The Morgan fingerprint density at radius 3 is 2.00 bits per heavy atom. The minimum atomic E-state index is -2.78. The van der Waals surface area contributed by atoms with Gasteiger partial charge in [0.05, 0.1) is 0 Å². The molecule has 5 nitrogen and oxygen atoms in total. The molecule has 0 aromatic heterocycles. The van der Waals surface area contributed by atoms with Crippen molar-refractivity contribution < 1.29 is 28.6 Å². The van der Waals surface area contributed by atoms with Crippen LogP contribution in [0.25, 0.3) is 0 Å². The SMILES string of the molecule is CC1(C(=O)O)CC2(CN1C(=O)O)CC(F)(F)C2. The summed E-state index contributed by atoms with van der Waals surface area (Å²) in [6.45, 7) is 1.15. The van der Waals surface area contributed by atoms with E-state index < -0.39 is 41.8 Å². The van der Waals surface area contributed by atoms with E-state index in [2.05, 4.69) is 0 Å². The number of alkyl halides is 2. The smallest absolute Gasteiger partial charge is 0.408 e. The van der Waals surface area contributed by atoms with E-state index in [-0.39, 0.29) is 13.0 Å². The highest BCUT2D eigenvalue weighted by atomic mass is 19.3. The fraction of sp³-hybridized carbons (Fsp3) is 0.800. The van der Waals surface area contributed by atoms with Crippen LogP contribution in [0.4, 0.5) is 13.6 Å². The van der Waals surface area contributed by atoms with Crippen LogP contribution in [-0.4, -0.2) is 45.2 Å². The second-order valence-electron chi connectivity index (χ2n) is 5.33. The fourth-order valence-corrected chi connectivity index (χ4v) is 3.14. The Hall–Kier alpha value is -1.40. The molecular weight excluding hydrogens is 236 g/mol.